The number of ether oxygens (including phenoxy) is 3. The molecule has 35 heavy (non-hydrogen) atoms. The van der Waals surface area contributed by atoms with Gasteiger partial charge in [0.15, 0.2) is 11.5 Å². The minimum absolute atomic E-state index is 0.329. The molecule has 0 heterocycles. The average Bonchev–Trinajstić information content (AvgIpc) is 2.87. The molecule has 8 heteroatoms. The summed E-state index contributed by atoms with van der Waals surface area (Å²) in [6.45, 7) is 0.329. The van der Waals surface area contributed by atoms with Crippen LogP contribution in [0.2, 0.25) is 5.02 Å². The smallest absolute Gasteiger partial charge is 0.275 e. The van der Waals surface area contributed by atoms with Gasteiger partial charge >= 0.3 is 0 Å². The number of nitrogens with one attached hydrogen (secondary N) is 1. The van der Waals surface area contributed by atoms with Crippen molar-refractivity contribution in [2.45, 2.75) is 6.61 Å². The first-order valence-corrected chi connectivity index (χ1v) is 11.8. The predicted octanol–water partition coefficient (Wildman–Crippen LogP) is 6.62. The maximum Gasteiger partial charge on any atom is 0.275 e. The molecule has 0 saturated heterocycles. The van der Waals surface area contributed by atoms with Crippen molar-refractivity contribution in [2.75, 3.05) is 14.2 Å². The molecular formula is C27H22BrClN2O4. The molecular weight excluding hydrogens is 532 g/mol. The van der Waals surface area contributed by atoms with Crippen molar-refractivity contribution < 1.29 is 19.0 Å². The van der Waals surface area contributed by atoms with Crippen LogP contribution < -0.4 is 19.6 Å². The number of carbonyl (C=O) groups excluding carboxylic acids is 1. The Kier molecular flexibility index (Phi) is 7.90. The Balaban J connectivity index is 1.49. The molecule has 0 aromatic heterocycles. The highest BCUT2D eigenvalue weighted by Gasteiger charge is 2.14. The van der Waals surface area contributed by atoms with E-state index in [0.717, 1.165) is 20.8 Å². The lowest BCUT2D eigenvalue weighted by atomic mass is 10.1. The van der Waals surface area contributed by atoms with Crippen molar-refractivity contribution in [3.8, 4) is 17.2 Å². The van der Waals surface area contributed by atoms with E-state index in [2.05, 4.69) is 44.7 Å². The number of fused-ring (bicyclic) bond motifs is 1. The molecule has 0 aliphatic heterocycles. The van der Waals surface area contributed by atoms with Gasteiger partial charge in [0.1, 0.15) is 12.4 Å². The number of nitrogens with zero attached hydrogens (tertiary/aromatic N) is 1. The van der Waals surface area contributed by atoms with Gasteiger partial charge in [-0.1, -0.05) is 70.0 Å². The number of methoxy groups -OCH3 is 2. The molecule has 4 rings (SSSR count). The summed E-state index contributed by atoms with van der Waals surface area (Å²) < 4.78 is 17.6. The van der Waals surface area contributed by atoms with Crippen LogP contribution in [-0.2, 0) is 6.61 Å². The third-order valence-electron chi connectivity index (χ3n) is 5.29. The topological polar surface area (TPSA) is 69.2 Å². The highest BCUT2D eigenvalue weighted by atomic mass is 79.9. The first-order chi connectivity index (χ1) is 17.0. The minimum atomic E-state index is -0.410. The number of hydrazone groups is 1. The van der Waals surface area contributed by atoms with Crippen LogP contribution in [0.3, 0.4) is 0 Å². The average molecular weight is 554 g/mol. The Morgan fingerprint density at radius 3 is 2.57 bits per heavy atom. The highest BCUT2D eigenvalue weighted by Crippen LogP contribution is 2.37. The molecule has 0 aliphatic carbocycles. The van der Waals surface area contributed by atoms with E-state index in [4.69, 9.17) is 25.8 Å². The van der Waals surface area contributed by atoms with E-state index < -0.39 is 5.91 Å². The molecule has 4 aromatic rings. The molecule has 1 N–H and O–H groups in total. The van der Waals surface area contributed by atoms with Crippen molar-refractivity contribution in [1.29, 1.82) is 0 Å². The van der Waals surface area contributed by atoms with E-state index in [-0.39, 0.29) is 0 Å². The highest BCUT2D eigenvalue weighted by molar-refractivity contribution is 9.10. The fraction of sp³-hybridized carbons (Fsp3) is 0.111. The van der Waals surface area contributed by atoms with Gasteiger partial charge in [-0.2, -0.15) is 5.10 Å². The molecule has 0 spiro atoms. The van der Waals surface area contributed by atoms with E-state index in [1.54, 1.807) is 37.4 Å². The molecule has 0 fully saturated rings. The van der Waals surface area contributed by atoms with E-state index in [9.17, 15) is 4.79 Å². The van der Waals surface area contributed by atoms with Crippen LogP contribution in [0, 0.1) is 0 Å². The van der Waals surface area contributed by atoms with Crippen LogP contribution in [0.4, 0.5) is 0 Å². The molecule has 0 aliphatic rings. The lowest BCUT2D eigenvalue weighted by Crippen LogP contribution is -2.18. The predicted molar refractivity (Wildman–Crippen MR) is 142 cm³/mol. The van der Waals surface area contributed by atoms with Crippen LogP contribution in [0.25, 0.3) is 10.8 Å². The lowest BCUT2D eigenvalue weighted by Gasteiger charge is -2.14. The summed E-state index contributed by atoms with van der Waals surface area (Å²) in [6, 6.07) is 22.8. The molecule has 6 nitrogen and oxygen atoms in total. The van der Waals surface area contributed by atoms with Crippen LogP contribution in [0.15, 0.2) is 82.4 Å². The van der Waals surface area contributed by atoms with E-state index >= 15 is 0 Å². The standard InChI is InChI=1S/C27H22BrClN2O4/c1-33-24-11-10-20(28)14-22(24)27(32)31-30-15-17-12-23(29)26(25(13-17)34-2)35-16-19-8-5-7-18-6-3-4-9-21(18)19/h3-15H,16H2,1-2H3,(H,31,32)/b30-15-. The van der Waals surface area contributed by atoms with Crippen LogP contribution in [0.5, 0.6) is 17.2 Å². The zero-order valence-electron chi connectivity index (χ0n) is 19.0. The summed E-state index contributed by atoms with van der Waals surface area (Å²) >= 11 is 9.87. The van der Waals surface area contributed by atoms with Gasteiger partial charge < -0.3 is 14.2 Å². The Labute approximate surface area is 216 Å². The maximum atomic E-state index is 12.5. The Morgan fingerprint density at radius 2 is 1.77 bits per heavy atom. The number of hydrogen-bond acceptors (Lipinski definition) is 5. The Bertz CT molecular complexity index is 1400. The SMILES string of the molecule is COc1ccc(Br)cc1C(=O)N/N=C\c1cc(Cl)c(OCc2cccc3ccccc23)c(OC)c1. The lowest BCUT2D eigenvalue weighted by molar-refractivity contribution is 0.0952. The van der Waals surface area contributed by atoms with Crippen LogP contribution in [0.1, 0.15) is 21.5 Å². The van der Waals surface area contributed by atoms with Gasteiger partial charge in [0, 0.05) is 4.47 Å². The molecule has 0 bridgehead atoms. The number of hydrogen-bond donors (Lipinski definition) is 1. The fourth-order valence-corrected chi connectivity index (χ4v) is 4.24. The number of rotatable bonds is 8. The quantitative estimate of drug-likeness (QED) is 0.197. The Morgan fingerprint density at radius 1 is 1.00 bits per heavy atom. The van der Waals surface area contributed by atoms with Crippen LogP contribution in [-0.4, -0.2) is 26.3 Å². The van der Waals surface area contributed by atoms with Gasteiger partial charge in [-0.15, -0.1) is 0 Å². The monoisotopic (exact) mass is 552 g/mol. The largest absolute Gasteiger partial charge is 0.496 e. The molecule has 0 saturated carbocycles. The van der Waals surface area contributed by atoms with Crippen LogP contribution >= 0.6 is 27.5 Å². The van der Waals surface area contributed by atoms with Crippen molar-refractivity contribution in [1.82, 2.24) is 5.43 Å². The van der Waals surface area contributed by atoms with Crippen molar-refractivity contribution in [3.63, 3.8) is 0 Å². The fourth-order valence-electron chi connectivity index (χ4n) is 3.61. The summed E-state index contributed by atoms with van der Waals surface area (Å²) in [5.74, 6) is 0.923. The first-order valence-electron chi connectivity index (χ1n) is 10.6. The summed E-state index contributed by atoms with van der Waals surface area (Å²) in [6.07, 6.45) is 1.48. The first kappa shape index (κ1) is 24.6. The van der Waals surface area contributed by atoms with Gasteiger partial charge in [0.2, 0.25) is 0 Å². The summed E-state index contributed by atoms with van der Waals surface area (Å²) in [5, 5.41) is 6.67. The number of benzene rings is 4. The number of halogens is 2. The molecule has 0 unspecified atom stereocenters. The van der Waals surface area contributed by atoms with Gasteiger partial charge in [0.05, 0.1) is 31.0 Å². The third-order valence-corrected chi connectivity index (χ3v) is 6.06. The Hall–Kier alpha value is -3.55. The van der Waals surface area contributed by atoms with Gasteiger partial charge in [-0.25, -0.2) is 5.43 Å². The second kappa shape index (κ2) is 11.3. The van der Waals surface area contributed by atoms with E-state index in [1.165, 1.54) is 13.3 Å². The van der Waals surface area contributed by atoms with Gasteiger partial charge in [-0.3, -0.25) is 4.79 Å². The molecule has 0 radical (unpaired) electrons. The number of amides is 1. The third kappa shape index (κ3) is 5.75. The van der Waals surface area contributed by atoms with Gasteiger partial charge in [-0.05, 0) is 52.2 Å². The van der Waals surface area contributed by atoms with Crippen molar-refractivity contribution >= 4 is 50.4 Å². The minimum Gasteiger partial charge on any atom is -0.496 e. The summed E-state index contributed by atoms with van der Waals surface area (Å²) in [4.78, 5) is 12.5. The number of carbonyl (C=O) groups is 1. The zero-order chi connectivity index (χ0) is 24.8. The van der Waals surface area contributed by atoms with Crippen molar-refractivity contribution in [2.24, 2.45) is 5.10 Å². The van der Waals surface area contributed by atoms with Gasteiger partial charge in [0.25, 0.3) is 5.91 Å². The van der Waals surface area contributed by atoms with E-state index in [1.807, 2.05) is 24.3 Å². The van der Waals surface area contributed by atoms with Crippen molar-refractivity contribution in [3.05, 3.63) is 99.0 Å². The molecule has 1 amide bonds. The second-order valence-corrected chi connectivity index (χ2v) is 8.83. The normalized spacial score (nSPS) is 11.0. The second-order valence-electron chi connectivity index (χ2n) is 7.50. The molecule has 0 atom stereocenters. The molecule has 178 valence electrons. The molecule has 4 aromatic carbocycles. The summed E-state index contributed by atoms with van der Waals surface area (Å²) in [7, 11) is 3.04. The summed E-state index contributed by atoms with van der Waals surface area (Å²) in [5.41, 5.74) is 4.52. The maximum absolute atomic E-state index is 12.5. The zero-order valence-corrected chi connectivity index (χ0v) is 21.4. The van der Waals surface area contributed by atoms with E-state index in [0.29, 0.717) is 40.0 Å².